The highest BCUT2D eigenvalue weighted by Crippen LogP contribution is 2.38. The molecule has 1 aliphatic carbocycles. The van der Waals surface area contributed by atoms with Gasteiger partial charge >= 0.3 is 6.03 Å². The first-order valence-corrected chi connectivity index (χ1v) is 10.2. The van der Waals surface area contributed by atoms with Crippen LogP contribution in [0.3, 0.4) is 0 Å². The number of hydrogen-bond donors (Lipinski definition) is 1. The van der Waals surface area contributed by atoms with Crippen molar-refractivity contribution in [2.24, 2.45) is 11.3 Å². The fraction of sp³-hybridized carbons (Fsp3) is 0.682. The third-order valence-electron chi connectivity index (χ3n) is 6.23. The zero-order chi connectivity index (χ0) is 18.6. The van der Waals surface area contributed by atoms with Crippen molar-refractivity contribution in [3.8, 4) is 0 Å². The molecule has 4 nitrogen and oxygen atoms in total. The van der Waals surface area contributed by atoms with Gasteiger partial charge < -0.3 is 10.2 Å². The molecular formula is C22H35N3O. The minimum Gasteiger partial charge on any atom is -0.338 e. The second-order valence-corrected chi connectivity index (χ2v) is 9.08. The molecule has 2 aliphatic rings. The standard InChI is InChI=1S/C22H35N3O/c1-22(2)11-7-10-19(15-22)16-23-21(26)25-13-12-24(3)20(17-25)14-18-8-5-4-6-9-18/h4-6,8-9,19-20H,7,10-17H2,1-3H3,(H,23,26). The Hall–Kier alpha value is -1.55. The summed E-state index contributed by atoms with van der Waals surface area (Å²) in [4.78, 5) is 17.1. The number of carbonyl (C=O) groups is 1. The fourth-order valence-electron chi connectivity index (χ4n) is 4.61. The molecule has 144 valence electrons. The average molecular weight is 358 g/mol. The monoisotopic (exact) mass is 357 g/mol. The number of nitrogens with one attached hydrogen (secondary N) is 1. The minimum atomic E-state index is 0.125. The maximum Gasteiger partial charge on any atom is 0.317 e. The van der Waals surface area contributed by atoms with Gasteiger partial charge in [-0.3, -0.25) is 4.90 Å². The van der Waals surface area contributed by atoms with E-state index in [4.69, 9.17) is 0 Å². The average Bonchev–Trinajstić information content (AvgIpc) is 2.61. The van der Waals surface area contributed by atoms with Crippen LogP contribution in [0.5, 0.6) is 0 Å². The van der Waals surface area contributed by atoms with E-state index in [1.54, 1.807) is 0 Å². The van der Waals surface area contributed by atoms with E-state index in [2.05, 4.69) is 61.4 Å². The van der Waals surface area contributed by atoms with Crippen LogP contribution in [0.1, 0.15) is 45.1 Å². The Bertz CT molecular complexity index is 586. The van der Waals surface area contributed by atoms with Gasteiger partial charge in [0.2, 0.25) is 0 Å². The molecule has 1 aromatic carbocycles. The number of likely N-dealkylation sites (N-methyl/N-ethyl adjacent to an activating group) is 1. The number of urea groups is 1. The lowest BCUT2D eigenvalue weighted by Gasteiger charge is -2.40. The molecule has 0 radical (unpaired) electrons. The van der Waals surface area contributed by atoms with E-state index in [0.717, 1.165) is 32.6 Å². The summed E-state index contributed by atoms with van der Waals surface area (Å²) in [7, 11) is 2.17. The highest BCUT2D eigenvalue weighted by atomic mass is 16.2. The van der Waals surface area contributed by atoms with Gasteiger partial charge in [0.05, 0.1) is 0 Å². The minimum absolute atomic E-state index is 0.125. The Labute approximate surface area is 158 Å². The van der Waals surface area contributed by atoms with E-state index in [-0.39, 0.29) is 6.03 Å². The molecule has 1 aliphatic heterocycles. The summed E-state index contributed by atoms with van der Waals surface area (Å²) in [6.45, 7) is 8.13. The molecule has 1 heterocycles. The topological polar surface area (TPSA) is 35.6 Å². The number of hydrogen-bond acceptors (Lipinski definition) is 2. The maximum absolute atomic E-state index is 12.7. The highest BCUT2D eigenvalue weighted by Gasteiger charge is 2.30. The largest absolute Gasteiger partial charge is 0.338 e. The first-order chi connectivity index (χ1) is 12.4. The Morgan fingerprint density at radius 3 is 2.73 bits per heavy atom. The predicted octanol–water partition coefficient (Wildman–Crippen LogP) is 3.77. The lowest BCUT2D eigenvalue weighted by Crippen LogP contribution is -2.56. The molecule has 2 fully saturated rings. The second-order valence-electron chi connectivity index (χ2n) is 9.08. The summed E-state index contributed by atoms with van der Waals surface area (Å²) in [5.41, 5.74) is 1.78. The Morgan fingerprint density at radius 1 is 1.23 bits per heavy atom. The van der Waals surface area contributed by atoms with E-state index >= 15 is 0 Å². The van der Waals surface area contributed by atoms with Crippen LogP contribution in [-0.2, 0) is 6.42 Å². The lowest BCUT2D eigenvalue weighted by atomic mass is 9.72. The van der Waals surface area contributed by atoms with Gasteiger partial charge in [-0.15, -0.1) is 0 Å². The van der Waals surface area contributed by atoms with Crippen molar-refractivity contribution >= 4 is 6.03 Å². The van der Waals surface area contributed by atoms with Crippen LogP contribution in [0, 0.1) is 11.3 Å². The number of amides is 2. The molecule has 2 amide bonds. The SMILES string of the molecule is CN1CCN(C(=O)NCC2CCCC(C)(C)C2)CC1Cc1ccccc1. The summed E-state index contributed by atoms with van der Waals surface area (Å²) in [5, 5.41) is 3.23. The predicted molar refractivity (Wildman–Crippen MR) is 107 cm³/mol. The van der Waals surface area contributed by atoms with Gasteiger partial charge in [-0.25, -0.2) is 4.79 Å². The molecule has 26 heavy (non-hydrogen) atoms. The van der Waals surface area contributed by atoms with E-state index in [9.17, 15) is 4.79 Å². The van der Waals surface area contributed by atoms with Gasteiger partial charge in [0, 0.05) is 32.2 Å². The maximum atomic E-state index is 12.7. The van der Waals surface area contributed by atoms with Gasteiger partial charge in [0.15, 0.2) is 0 Å². The Balaban J connectivity index is 1.49. The number of carbonyl (C=O) groups excluding carboxylic acids is 1. The van der Waals surface area contributed by atoms with Crippen molar-refractivity contribution in [3.05, 3.63) is 35.9 Å². The second kappa shape index (κ2) is 8.43. The number of piperazine rings is 1. The van der Waals surface area contributed by atoms with Crippen molar-refractivity contribution in [3.63, 3.8) is 0 Å². The van der Waals surface area contributed by atoms with Gasteiger partial charge in [-0.2, -0.15) is 0 Å². The molecule has 1 N–H and O–H groups in total. The Morgan fingerprint density at radius 2 is 2.00 bits per heavy atom. The smallest absolute Gasteiger partial charge is 0.317 e. The lowest BCUT2D eigenvalue weighted by molar-refractivity contribution is 0.107. The molecule has 1 saturated heterocycles. The number of nitrogens with zero attached hydrogens (tertiary/aromatic N) is 2. The molecule has 0 aromatic heterocycles. The zero-order valence-electron chi connectivity index (χ0n) is 16.7. The Kier molecular flexibility index (Phi) is 6.23. The third kappa shape index (κ3) is 5.23. The molecule has 1 aromatic rings. The molecule has 1 saturated carbocycles. The zero-order valence-corrected chi connectivity index (χ0v) is 16.7. The first-order valence-electron chi connectivity index (χ1n) is 10.2. The van der Waals surface area contributed by atoms with Crippen LogP contribution in [0.2, 0.25) is 0 Å². The van der Waals surface area contributed by atoms with Crippen molar-refractivity contribution < 1.29 is 4.79 Å². The molecule has 2 unspecified atom stereocenters. The first kappa shape index (κ1) is 19.2. The van der Waals surface area contributed by atoms with E-state index in [1.165, 1.54) is 31.2 Å². The van der Waals surface area contributed by atoms with Crippen molar-refractivity contribution in [1.82, 2.24) is 15.1 Å². The van der Waals surface area contributed by atoms with Crippen LogP contribution in [-0.4, -0.2) is 55.1 Å². The van der Waals surface area contributed by atoms with Gasteiger partial charge in [-0.1, -0.05) is 50.6 Å². The van der Waals surface area contributed by atoms with Crippen LogP contribution in [0.25, 0.3) is 0 Å². The molecule has 4 heteroatoms. The number of benzene rings is 1. The van der Waals surface area contributed by atoms with Crippen LogP contribution in [0.15, 0.2) is 30.3 Å². The molecule has 3 rings (SSSR count). The summed E-state index contributed by atoms with van der Waals surface area (Å²) in [6.07, 6.45) is 6.09. The molecule has 0 spiro atoms. The van der Waals surface area contributed by atoms with Crippen molar-refractivity contribution in [2.45, 2.75) is 52.0 Å². The molecule has 2 atom stereocenters. The molecular weight excluding hydrogens is 322 g/mol. The van der Waals surface area contributed by atoms with E-state index in [0.29, 0.717) is 17.4 Å². The van der Waals surface area contributed by atoms with Crippen LogP contribution >= 0.6 is 0 Å². The summed E-state index contributed by atoms with van der Waals surface area (Å²) in [6, 6.07) is 11.1. The van der Waals surface area contributed by atoms with Crippen molar-refractivity contribution in [2.75, 3.05) is 33.2 Å². The van der Waals surface area contributed by atoms with Gasteiger partial charge in [0.25, 0.3) is 0 Å². The van der Waals surface area contributed by atoms with Gasteiger partial charge in [0.1, 0.15) is 0 Å². The third-order valence-corrected chi connectivity index (χ3v) is 6.23. The van der Waals surface area contributed by atoms with Crippen LogP contribution < -0.4 is 5.32 Å². The highest BCUT2D eigenvalue weighted by molar-refractivity contribution is 5.74. The van der Waals surface area contributed by atoms with Crippen molar-refractivity contribution in [1.29, 1.82) is 0 Å². The van der Waals surface area contributed by atoms with E-state index < -0.39 is 0 Å². The quantitative estimate of drug-likeness (QED) is 0.890. The summed E-state index contributed by atoms with van der Waals surface area (Å²) < 4.78 is 0. The van der Waals surface area contributed by atoms with Crippen LogP contribution in [0.4, 0.5) is 4.79 Å². The summed E-state index contributed by atoms with van der Waals surface area (Å²) in [5.74, 6) is 0.635. The summed E-state index contributed by atoms with van der Waals surface area (Å²) >= 11 is 0. The van der Waals surface area contributed by atoms with E-state index in [1.807, 2.05) is 4.90 Å². The fourth-order valence-corrected chi connectivity index (χ4v) is 4.61. The normalized spacial score (nSPS) is 26.5. The van der Waals surface area contributed by atoms with Gasteiger partial charge in [-0.05, 0) is 49.6 Å². The number of rotatable bonds is 4. The molecule has 0 bridgehead atoms.